The second-order valence-electron chi connectivity index (χ2n) is 6.35. The van der Waals surface area contributed by atoms with Crippen LogP contribution in [0.5, 0.6) is 0 Å². The maximum Gasteiger partial charge on any atom is 0.0594 e. The summed E-state index contributed by atoms with van der Waals surface area (Å²) in [5.41, 5.74) is 3.90. The lowest BCUT2D eigenvalue weighted by Gasteiger charge is -2.28. The molecule has 1 atom stereocenters. The SMILES string of the molecule is CCNC(c1ccccc1Cl)c1ccccc1C(C)(C)C. The first-order valence-electron chi connectivity index (χ1n) is 7.52. The summed E-state index contributed by atoms with van der Waals surface area (Å²) in [6, 6.07) is 16.9. The van der Waals surface area contributed by atoms with E-state index in [1.165, 1.54) is 11.1 Å². The Kier molecular flexibility index (Phi) is 5.08. The van der Waals surface area contributed by atoms with Gasteiger partial charge in [0.2, 0.25) is 0 Å². The van der Waals surface area contributed by atoms with Gasteiger partial charge < -0.3 is 5.32 Å². The van der Waals surface area contributed by atoms with Crippen LogP contribution in [0.25, 0.3) is 0 Å². The standard InChI is InChI=1S/C19H24ClN/c1-5-21-18(15-11-7-9-13-17(15)20)14-10-6-8-12-16(14)19(2,3)4/h6-13,18,21H,5H2,1-4H3. The molecule has 0 aliphatic rings. The lowest BCUT2D eigenvalue weighted by Crippen LogP contribution is -2.26. The van der Waals surface area contributed by atoms with Crippen LogP contribution in [0.3, 0.4) is 0 Å². The number of rotatable bonds is 4. The molecule has 0 saturated heterocycles. The number of benzene rings is 2. The highest BCUT2D eigenvalue weighted by molar-refractivity contribution is 6.31. The van der Waals surface area contributed by atoms with Gasteiger partial charge in [-0.25, -0.2) is 0 Å². The first kappa shape index (κ1) is 16.1. The number of nitrogens with one attached hydrogen (secondary N) is 1. The fraction of sp³-hybridized carbons (Fsp3) is 0.368. The van der Waals surface area contributed by atoms with E-state index in [-0.39, 0.29) is 11.5 Å². The van der Waals surface area contributed by atoms with Crippen molar-refractivity contribution in [2.24, 2.45) is 0 Å². The molecule has 2 aromatic rings. The molecule has 0 aromatic heterocycles. The van der Waals surface area contributed by atoms with Crippen molar-refractivity contribution in [2.45, 2.75) is 39.2 Å². The molecule has 2 heteroatoms. The summed E-state index contributed by atoms with van der Waals surface area (Å²) in [7, 11) is 0. The minimum Gasteiger partial charge on any atom is -0.306 e. The van der Waals surface area contributed by atoms with Crippen molar-refractivity contribution in [1.82, 2.24) is 5.32 Å². The third-order valence-corrected chi connectivity index (χ3v) is 4.05. The second-order valence-corrected chi connectivity index (χ2v) is 6.76. The molecule has 0 aliphatic heterocycles. The van der Waals surface area contributed by atoms with Gasteiger partial charge in [0, 0.05) is 5.02 Å². The summed E-state index contributed by atoms with van der Waals surface area (Å²) in [6.45, 7) is 9.78. The maximum atomic E-state index is 6.43. The van der Waals surface area contributed by atoms with Gasteiger partial charge in [0.25, 0.3) is 0 Å². The van der Waals surface area contributed by atoms with Crippen LogP contribution < -0.4 is 5.32 Å². The first-order chi connectivity index (χ1) is 9.95. The Hall–Kier alpha value is -1.31. The molecule has 0 heterocycles. The first-order valence-corrected chi connectivity index (χ1v) is 7.90. The van der Waals surface area contributed by atoms with Crippen LogP contribution in [0.2, 0.25) is 5.02 Å². The fourth-order valence-electron chi connectivity index (χ4n) is 2.73. The Morgan fingerprint density at radius 3 is 2.10 bits per heavy atom. The highest BCUT2D eigenvalue weighted by atomic mass is 35.5. The van der Waals surface area contributed by atoms with Crippen LogP contribution in [-0.4, -0.2) is 6.54 Å². The molecule has 0 amide bonds. The summed E-state index contributed by atoms with van der Waals surface area (Å²) >= 11 is 6.43. The third-order valence-electron chi connectivity index (χ3n) is 3.70. The van der Waals surface area contributed by atoms with E-state index in [2.05, 4.69) is 63.3 Å². The maximum absolute atomic E-state index is 6.43. The number of hydrogen-bond donors (Lipinski definition) is 1. The zero-order valence-corrected chi connectivity index (χ0v) is 14.0. The summed E-state index contributed by atoms with van der Waals surface area (Å²) in [6.07, 6.45) is 0. The van der Waals surface area contributed by atoms with Gasteiger partial charge in [-0.2, -0.15) is 0 Å². The molecule has 0 radical (unpaired) electrons. The van der Waals surface area contributed by atoms with E-state index in [0.29, 0.717) is 0 Å². The van der Waals surface area contributed by atoms with Crippen molar-refractivity contribution >= 4 is 11.6 Å². The number of hydrogen-bond acceptors (Lipinski definition) is 1. The largest absolute Gasteiger partial charge is 0.306 e. The summed E-state index contributed by atoms with van der Waals surface area (Å²) < 4.78 is 0. The fourth-order valence-corrected chi connectivity index (χ4v) is 2.98. The zero-order chi connectivity index (χ0) is 15.5. The molecule has 0 spiro atoms. The van der Waals surface area contributed by atoms with Crippen molar-refractivity contribution in [1.29, 1.82) is 0 Å². The van der Waals surface area contributed by atoms with Crippen LogP contribution in [0.1, 0.15) is 50.4 Å². The van der Waals surface area contributed by atoms with Crippen LogP contribution in [0.15, 0.2) is 48.5 Å². The number of halogens is 1. The zero-order valence-electron chi connectivity index (χ0n) is 13.3. The van der Waals surface area contributed by atoms with Crippen molar-refractivity contribution in [3.05, 3.63) is 70.2 Å². The molecular formula is C19H24ClN. The highest BCUT2D eigenvalue weighted by Crippen LogP contribution is 2.34. The third kappa shape index (κ3) is 3.66. The molecule has 21 heavy (non-hydrogen) atoms. The van der Waals surface area contributed by atoms with Crippen molar-refractivity contribution in [3.63, 3.8) is 0 Å². The van der Waals surface area contributed by atoms with Crippen LogP contribution in [-0.2, 0) is 5.41 Å². The van der Waals surface area contributed by atoms with E-state index in [1.54, 1.807) is 0 Å². The average molecular weight is 302 g/mol. The van der Waals surface area contributed by atoms with E-state index >= 15 is 0 Å². The van der Waals surface area contributed by atoms with Gasteiger partial charge in [-0.3, -0.25) is 0 Å². The monoisotopic (exact) mass is 301 g/mol. The predicted molar refractivity (Wildman–Crippen MR) is 92.1 cm³/mol. The topological polar surface area (TPSA) is 12.0 Å². The van der Waals surface area contributed by atoms with Crippen molar-refractivity contribution in [2.75, 3.05) is 6.54 Å². The van der Waals surface area contributed by atoms with Crippen molar-refractivity contribution in [3.8, 4) is 0 Å². The summed E-state index contributed by atoms with van der Waals surface area (Å²) in [5.74, 6) is 0. The van der Waals surface area contributed by atoms with Gasteiger partial charge in [0.15, 0.2) is 0 Å². The van der Waals surface area contributed by atoms with Crippen LogP contribution >= 0.6 is 11.6 Å². The normalized spacial score (nSPS) is 13.2. The van der Waals surface area contributed by atoms with Gasteiger partial charge in [0.1, 0.15) is 0 Å². The summed E-state index contributed by atoms with van der Waals surface area (Å²) in [5, 5.41) is 4.40. The second kappa shape index (κ2) is 6.64. The molecule has 1 nitrogen and oxygen atoms in total. The molecule has 0 bridgehead atoms. The smallest absolute Gasteiger partial charge is 0.0594 e. The molecule has 2 aromatic carbocycles. The van der Waals surface area contributed by atoms with Gasteiger partial charge >= 0.3 is 0 Å². The van der Waals surface area contributed by atoms with Crippen LogP contribution in [0.4, 0.5) is 0 Å². The Morgan fingerprint density at radius 2 is 1.52 bits per heavy atom. The van der Waals surface area contributed by atoms with Crippen molar-refractivity contribution < 1.29 is 0 Å². The van der Waals surface area contributed by atoms with Gasteiger partial charge in [-0.1, -0.05) is 81.8 Å². The van der Waals surface area contributed by atoms with E-state index < -0.39 is 0 Å². The molecule has 1 N–H and O–H groups in total. The van der Waals surface area contributed by atoms with E-state index in [0.717, 1.165) is 17.1 Å². The molecule has 2 rings (SSSR count). The lowest BCUT2D eigenvalue weighted by atomic mass is 9.80. The molecule has 112 valence electrons. The minimum absolute atomic E-state index is 0.103. The quantitative estimate of drug-likeness (QED) is 0.804. The van der Waals surface area contributed by atoms with Gasteiger partial charge in [-0.05, 0) is 34.7 Å². The lowest BCUT2D eigenvalue weighted by molar-refractivity contribution is 0.557. The molecule has 1 unspecified atom stereocenters. The van der Waals surface area contributed by atoms with E-state index in [9.17, 15) is 0 Å². The molecular weight excluding hydrogens is 278 g/mol. The Bertz CT molecular complexity index is 599. The molecule has 0 saturated carbocycles. The summed E-state index contributed by atoms with van der Waals surface area (Å²) in [4.78, 5) is 0. The van der Waals surface area contributed by atoms with Gasteiger partial charge in [-0.15, -0.1) is 0 Å². The predicted octanol–water partition coefficient (Wildman–Crippen LogP) is 5.34. The highest BCUT2D eigenvalue weighted by Gasteiger charge is 2.24. The molecule has 0 fully saturated rings. The molecule has 0 aliphatic carbocycles. The average Bonchev–Trinajstić information content (AvgIpc) is 2.45. The Morgan fingerprint density at radius 1 is 0.952 bits per heavy atom. The van der Waals surface area contributed by atoms with Gasteiger partial charge in [0.05, 0.1) is 6.04 Å². The van der Waals surface area contributed by atoms with Crippen LogP contribution in [0, 0.1) is 0 Å². The van der Waals surface area contributed by atoms with E-state index in [4.69, 9.17) is 11.6 Å². The minimum atomic E-state index is 0.103. The Labute approximate surface area is 133 Å². The van der Waals surface area contributed by atoms with E-state index in [1.807, 2.05) is 18.2 Å². The Balaban J connectivity index is 2.57.